The van der Waals surface area contributed by atoms with Gasteiger partial charge in [-0.15, -0.1) is 0 Å². The van der Waals surface area contributed by atoms with Gasteiger partial charge in [-0.05, 0) is 59.4 Å². The minimum Gasteiger partial charge on any atom is -0.478 e. The molecule has 0 aromatic carbocycles. The monoisotopic (exact) mass is 370 g/mol. The van der Waals surface area contributed by atoms with Gasteiger partial charge in [0.2, 0.25) is 0 Å². The third-order valence-corrected chi connectivity index (χ3v) is 4.74. The van der Waals surface area contributed by atoms with Crippen molar-refractivity contribution in [1.82, 2.24) is 9.80 Å². The normalized spacial score (nSPS) is 12.8. The Labute approximate surface area is 159 Å². The Morgan fingerprint density at radius 1 is 0.808 bits per heavy atom. The Morgan fingerprint density at radius 3 is 1.23 bits per heavy atom. The molecule has 6 nitrogen and oxygen atoms in total. The molecule has 0 radical (unpaired) electrons. The number of rotatable bonds is 10. The van der Waals surface area contributed by atoms with Crippen LogP contribution in [0.2, 0.25) is 0 Å². The second-order valence-electron chi connectivity index (χ2n) is 6.27. The molecule has 0 bridgehead atoms. The summed E-state index contributed by atoms with van der Waals surface area (Å²) in [6.07, 6.45) is 0. The van der Waals surface area contributed by atoms with Crippen molar-refractivity contribution in [2.45, 2.75) is 67.5 Å². The molecule has 6 heteroatoms. The maximum Gasteiger partial charge on any atom is 0.331 e. The SMILES string of the molecule is C=C(C)C(=O)O.CCN(CC)C(C)C(=C(C)C(=O)O)C(C)N(CC)CC. The smallest absolute Gasteiger partial charge is 0.331 e. The summed E-state index contributed by atoms with van der Waals surface area (Å²) in [6.45, 7) is 22.8. The fraction of sp³-hybridized carbons (Fsp3) is 0.700. The molecule has 26 heavy (non-hydrogen) atoms. The number of hydrogen-bond acceptors (Lipinski definition) is 4. The van der Waals surface area contributed by atoms with Gasteiger partial charge in [-0.25, -0.2) is 9.59 Å². The number of nitrogens with zero attached hydrogens (tertiary/aromatic N) is 2. The van der Waals surface area contributed by atoms with E-state index in [1.165, 1.54) is 6.92 Å². The van der Waals surface area contributed by atoms with Crippen LogP contribution in [0.3, 0.4) is 0 Å². The van der Waals surface area contributed by atoms with E-state index in [-0.39, 0.29) is 17.7 Å². The Balaban J connectivity index is 0. The molecule has 2 atom stereocenters. The molecule has 2 unspecified atom stereocenters. The van der Waals surface area contributed by atoms with Gasteiger partial charge in [-0.3, -0.25) is 9.80 Å². The minimum atomic E-state index is -0.935. The molecular weight excluding hydrogens is 332 g/mol. The largest absolute Gasteiger partial charge is 0.478 e. The van der Waals surface area contributed by atoms with Crippen LogP contribution < -0.4 is 0 Å². The van der Waals surface area contributed by atoms with Crippen LogP contribution >= 0.6 is 0 Å². The van der Waals surface area contributed by atoms with Gasteiger partial charge >= 0.3 is 11.9 Å². The van der Waals surface area contributed by atoms with E-state index >= 15 is 0 Å². The molecule has 0 rings (SSSR count). The first-order valence-corrected chi connectivity index (χ1v) is 9.30. The van der Waals surface area contributed by atoms with Crippen LogP contribution in [0.4, 0.5) is 0 Å². The zero-order chi connectivity index (χ0) is 21.0. The van der Waals surface area contributed by atoms with Gasteiger partial charge in [-0.2, -0.15) is 0 Å². The summed E-state index contributed by atoms with van der Waals surface area (Å²) in [7, 11) is 0. The number of hydrogen-bond donors (Lipinski definition) is 2. The van der Waals surface area contributed by atoms with Gasteiger partial charge in [0, 0.05) is 23.2 Å². The van der Waals surface area contributed by atoms with Crippen molar-refractivity contribution in [2.75, 3.05) is 26.2 Å². The standard InChI is InChI=1S/C16H32N2O2.C4H6O2/c1-8-17(9-2)13(6)15(12(5)16(19)20)14(7)18(10-3)11-4;1-3(2)4(5)6/h13-14H,8-11H2,1-7H3,(H,19,20);1H2,2H3,(H,5,6). The van der Waals surface area contributed by atoms with E-state index in [9.17, 15) is 14.7 Å². The molecule has 152 valence electrons. The van der Waals surface area contributed by atoms with Gasteiger partial charge in [0.1, 0.15) is 0 Å². The van der Waals surface area contributed by atoms with Gasteiger partial charge in [0.25, 0.3) is 0 Å². The molecule has 0 saturated carbocycles. The van der Waals surface area contributed by atoms with Crippen molar-refractivity contribution in [3.8, 4) is 0 Å². The molecule has 0 aliphatic rings. The Hall–Kier alpha value is -1.66. The van der Waals surface area contributed by atoms with E-state index in [1.807, 2.05) is 0 Å². The van der Waals surface area contributed by atoms with Crippen molar-refractivity contribution in [3.63, 3.8) is 0 Å². The van der Waals surface area contributed by atoms with Crippen molar-refractivity contribution in [3.05, 3.63) is 23.3 Å². The van der Waals surface area contributed by atoms with E-state index in [2.05, 4.69) is 57.9 Å². The molecular formula is C20H38N2O4. The summed E-state index contributed by atoms with van der Waals surface area (Å²) in [6, 6.07) is 0.299. The third kappa shape index (κ3) is 8.63. The molecule has 0 fully saturated rings. The summed E-state index contributed by atoms with van der Waals surface area (Å²) in [5.41, 5.74) is 1.70. The number of carboxylic acids is 2. The second kappa shape index (κ2) is 13.5. The quantitative estimate of drug-likeness (QED) is 0.573. The summed E-state index contributed by atoms with van der Waals surface area (Å²) in [4.78, 5) is 25.7. The maximum absolute atomic E-state index is 11.5. The molecule has 0 spiro atoms. The molecule has 0 aromatic heterocycles. The Bertz CT molecular complexity index is 460. The fourth-order valence-electron chi connectivity index (χ4n) is 3.04. The van der Waals surface area contributed by atoms with Crippen LogP contribution in [0, 0.1) is 0 Å². The molecule has 0 saturated heterocycles. The summed E-state index contributed by atoms with van der Waals surface area (Å²) < 4.78 is 0. The van der Waals surface area contributed by atoms with Gasteiger partial charge in [0.05, 0.1) is 0 Å². The van der Waals surface area contributed by atoms with Gasteiger partial charge < -0.3 is 10.2 Å². The topological polar surface area (TPSA) is 81.1 Å². The lowest BCUT2D eigenvalue weighted by atomic mass is 9.93. The first-order chi connectivity index (χ1) is 12.0. The van der Waals surface area contributed by atoms with Crippen LogP contribution in [0.1, 0.15) is 55.4 Å². The molecule has 2 N–H and O–H groups in total. The van der Waals surface area contributed by atoms with Crippen LogP contribution in [0.5, 0.6) is 0 Å². The molecule has 0 aliphatic heterocycles. The van der Waals surface area contributed by atoms with Crippen LogP contribution in [-0.4, -0.2) is 70.2 Å². The van der Waals surface area contributed by atoms with E-state index in [0.717, 1.165) is 31.8 Å². The lowest BCUT2D eigenvalue weighted by Gasteiger charge is -2.37. The average molecular weight is 371 g/mol. The van der Waals surface area contributed by atoms with E-state index in [4.69, 9.17) is 5.11 Å². The zero-order valence-electron chi connectivity index (χ0n) is 17.8. The average Bonchev–Trinajstić information content (AvgIpc) is 2.57. The highest BCUT2D eigenvalue weighted by Crippen LogP contribution is 2.22. The van der Waals surface area contributed by atoms with Gasteiger partial charge in [-0.1, -0.05) is 34.3 Å². The third-order valence-electron chi connectivity index (χ3n) is 4.74. The van der Waals surface area contributed by atoms with Crippen LogP contribution in [-0.2, 0) is 9.59 Å². The number of carboxylic acid groups (broad SMARTS) is 2. The molecule has 0 aliphatic carbocycles. The summed E-state index contributed by atoms with van der Waals surface area (Å²) in [5.74, 6) is -1.74. The second-order valence-corrected chi connectivity index (χ2v) is 6.27. The summed E-state index contributed by atoms with van der Waals surface area (Å²) >= 11 is 0. The molecule has 0 aromatic rings. The van der Waals surface area contributed by atoms with Crippen molar-refractivity contribution >= 4 is 11.9 Å². The highest BCUT2D eigenvalue weighted by Gasteiger charge is 2.27. The fourth-order valence-corrected chi connectivity index (χ4v) is 3.04. The van der Waals surface area contributed by atoms with E-state index in [0.29, 0.717) is 5.57 Å². The number of likely N-dealkylation sites (N-methyl/N-ethyl adjacent to an activating group) is 2. The Morgan fingerprint density at radius 2 is 1.08 bits per heavy atom. The zero-order valence-corrected chi connectivity index (χ0v) is 17.8. The lowest BCUT2D eigenvalue weighted by molar-refractivity contribution is -0.133. The first kappa shape index (κ1) is 26.6. The van der Waals surface area contributed by atoms with Crippen molar-refractivity contribution in [1.29, 1.82) is 0 Å². The van der Waals surface area contributed by atoms with Crippen molar-refractivity contribution in [2.24, 2.45) is 0 Å². The van der Waals surface area contributed by atoms with E-state index in [1.54, 1.807) is 6.92 Å². The van der Waals surface area contributed by atoms with Gasteiger partial charge in [0.15, 0.2) is 0 Å². The Kier molecular flexibility index (Phi) is 13.8. The predicted octanol–water partition coefficient (Wildman–Crippen LogP) is 3.50. The maximum atomic E-state index is 11.5. The van der Waals surface area contributed by atoms with E-state index < -0.39 is 11.9 Å². The first-order valence-electron chi connectivity index (χ1n) is 9.30. The number of aliphatic carboxylic acids is 2. The summed E-state index contributed by atoms with van der Waals surface area (Å²) in [5, 5.41) is 17.3. The van der Waals surface area contributed by atoms with Crippen LogP contribution in [0.25, 0.3) is 0 Å². The molecule has 0 heterocycles. The highest BCUT2D eigenvalue weighted by atomic mass is 16.4. The van der Waals surface area contributed by atoms with Crippen molar-refractivity contribution < 1.29 is 19.8 Å². The van der Waals surface area contributed by atoms with Crippen LogP contribution in [0.15, 0.2) is 23.3 Å². The number of carbonyl (C=O) groups is 2. The highest BCUT2D eigenvalue weighted by molar-refractivity contribution is 5.87. The lowest BCUT2D eigenvalue weighted by Crippen LogP contribution is -2.44. The predicted molar refractivity (Wildman–Crippen MR) is 108 cm³/mol. The minimum absolute atomic E-state index is 0.150. The molecule has 0 amide bonds.